The Morgan fingerprint density at radius 3 is 2.58 bits per heavy atom. The van der Waals surface area contributed by atoms with E-state index in [0.717, 1.165) is 43.5 Å². The van der Waals surface area contributed by atoms with E-state index in [1.807, 2.05) is 22.7 Å². The maximum atomic E-state index is 13.8. The van der Waals surface area contributed by atoms with E-state index in [9.17, 15) is 8.78 Å². The molecule has 4 heterocycles. The average Bonchev–Trinajstić information content (AvgIpc) is 3.31. The molecular formula is C23H26F2N8. The predicted octanol–water partition coefficient (Wildman–Crippen LogP) is 3.52. The minimum absolute atomic E-state index is 0.318. The summed E-state index contributed by atoms with van der Waals surface area (Å²) in [5.41, 5.74) is 2.65. The van der Waals surface area contributed by atoms with Gasteiger partial charge in [0.15, 0.2) is 11.6 Å². The molecule has 1 aliphatic carbocycles. The summed E-state index contributed by atoms with van der Waals surface area (Å²) in [6.07, 6.45) is 5.05. The maximum Gasteiger partial charge on any atom is 0.244 e. The molecule has 0 radical (unpaired) electrons. The maximum absolute atomic E-state index is 13.8. The van der Waals surface area contributed by atoms with Gasteiger partial charge in [-0.1, -0.05) is 0 Å². The molecule has 0 amide bonds. The number of halogens is 2. The number of fused-ring (bicyclic) bond motifs is 3. The molecule has 2 bridgehead atoms. The first-order chi connectivity index (χ1) is 16.0. The zero-order valence-corrected chi connectivity index (χ0v) is 18.5. The smallest absolute Gasteiger partial charge is 0.244 e. The fourth-order valence-electron chi connectivity index (χ4n) is 5.57. The number of benzene rings is 1. The first kappa shape index (κ1) is 20.3. The van der Waals surface area contributed by atoms with Gasteiger partial charge in [0.1, 0.15) is 0 Å². The van der Waals surface area contributed by atoms with E-state index in [1.165, 1.54) is 18.9 Å². The molecule has 2 aromatic heterocycles. The van der Waals surface area contributed by atoms with Gasteiger partial charge in [-0.3, -0.25) is 0 Å². The predicted molar refractivity (Wildman–Crippen MR) is 121 cm³/mol. The highest BCUT2D eigenvalue weighted by molar-refractivity contribution is 5.59. The molecule has 3 atom stereocenters. The molecule has 2 fully saturated rings. The summed E-state index contributed by atoms with van der Waals surface area (Å²) in [4.78, 5) is 9.08. The van der Waals surface area contributed by atoms with Crippen LogP contribution in [-0.2, 0) is 6.54 Å². The number of hydrogen-bond donors (Lipinski definition) is 1. The van der Waals surface area contributed by atoms with Crippen molar-refractivity contribution in [3.8, 4) is 0 Å². The molecule has 33 heavy (non-hydrogen) atoms. The lowest BCUT2D eigenvalue weighted by atomic mass is 9.92. The Kier molecular flexibility index (Phi) is 4.88. The second kappa shape index (κ2) is 7.93. The molecule has 10 heteroatoms. The molecule has 2 aliphatic heterocycles. The van der Waals surface area contributed by atoms with Crippen molar-refractivity contribution >= 4 is 23.3 Å². The van der Waals surface area contributed by atoms with Gasteiger partial charge in [0.05, 0.1) is 17.6 Å². The van der Waals surface area contributed by atoms with Crippen molar-refractivity contribution in [1.82, 2.24) is 25.0 Å². The topological polar surface area (TPSA) is 75.0 Å². The number of rotatable bonds is 4. The third-order valence-electron chi connectivity index (χ3n) is 7.12. The van der Waals surface area contributed by atoms with E-state index in [1.54, 1.807) is 6.07 Å². The van der Waals surface area contributed by atoms with Crippen LogP contribution in [0.2, 0.25) is 0 Å². The van der Waals surface area contributed by atoms with Gasteiger partial charge < -0.3 is 15.1 Å². The van der Waals surface area contributed by atoms with Crippen LogP contribution in [-0.4, -0.2) is 50.6 Å². The minimum atomic E-state index is -0.856. The SMILES string of the molecule is Cc1cc(N2C[C@H]3CC[C@@H](C2)[C@@H]3Nc2nc3n(n2)CCCN3c2ccc(F)c(F)c2)cnn1. The second-order valence-electron chi connectivity index (χ2n) is 9.29. The van der Waals surface area contributed by atoms with Crippen LogP contribution in [0.4, 0.5) is 32.1 Å². The highest BCUT2D eigenvalue weighted by Crippen LogP contribution is 2.40. The van der Waals surface area contributed by atoms with Crippen LogP contribution in [0, 0.1) is 30.4 Å². The summed E-state index contributed by atoms with van der Waals surface area (Å²) in [6, 6.07) is 6.38. The lowest BCUT2D eigenvalue weighted by molar-refractivity contribution is 0.376. The number of hydrogen-bond acceptors (Lipinski definition) is 7. The van der Waals surface area contributed by atoms with Crippen LogP contribution in [0.25, 0.3) is 0 Å². The molecule has 3 aromatic rings. The molecule has 0 unspecified atom stereocenters. The third-order valence-corrected chi connectivity index (χ3v) is 7.12. The van der Waals surface area contributed by atoms with Crippen molar-refractivity contribution in [2.45, 2.75) is 38.8 Å². The van der Waals surface area contributed by atoms with Gasteiger partial charge >= 0.3 is 0 Å². The zero-order chi connectivity index (χ0) is 22.5. The molecule has 1 aromatic carbocycles. The average molecular weight is 453 g/mol. The molecule has 0 spiro atoms. The molecule has 8 nitrogen and oxygen atoms in total. The normalized spacial score (nSPS) is 24.2. The van der Waals surface area contributed by atoms with Crippen LogP contribution in [0.1, 0.15) is 25.0 Å². The van der Waals surface area contributed by atoms with Crippen LogP contribution >= 0.6 is 0 Å². The van der Waals surface area contributed by atoms with Crippen molar-refractivity contribution in [1.29, 1.82) is 0 Å². The third kappa shape index (κ3) is 3.67. The first-order valence-corrected chi connectivity index (χ1v) is 11.5. The Morgan fingerprint density at radius 2 is 1.82 bits per heavy atom. The van der Waals surface area contributed by atoms with Crippen molar-refractivity contribution in [2.75, 3.05) is 34.8 Å². The zero-order valence-electron chi connectivity index (χ0n) is 18.5. The van der Waals surface area contributed by atoms with Gasteiger partial charge in [-0.05, 0) is 56.2 Å². The minimum Gasteiger partial charge on any atom is -0.369 e. The van der Waals surface area contributed by atoms with Crippen molar-refractivity contribution in [2.24, 2.45) is 11.8 Å². The highest BCUT2D eigenvalue weighted by atomic mass is 19.2. The number of aryl methyl sites for hydroxylation is 2. The largest absolute Gasteiger partial charge is 0.369 e. The Bertz CT molecular complexity index is 1170. The first-order valence-electron chi connectivity index (χ1n) is 11.5. The Labute approximate surface area is 190 Å². The van der Waals surface area contributed by atoms with E-state index in [4.69, 9.17) is 10.1 Å². The lowest BCUT2D eigenvalue weighted by Gasteiger charge is -2.39. The van der Waals surface area contributed by atoms with Crippen LogP contribution in [0.5, 0.6) is 0 Å². The quantitative estimate of drug-likeness (QED) is 0.649. The van der Waals surface area contributed by atoms with Gasteiger partial charge in [0, 0.05) is 44.0 Å². The summed E-state index contributed by atoms with van der Waals surface area (Å²) in [5, 5.41) is 16.5. The van der Waals surface area contributed by atoms with E-state index >= 15 is 0 Å². The van der Waals surface area contributed by atoms with Crippen LogP contribution in [0.15, 0.2) is 30.5 Å². The number of aromatic nitrogens is 5. The Hall–Kier alpha value is -3.30. The Morgan fingerprint density at radius 1 is 1.00 bits per heavy atom. The molecule has 1 saturated heterocycles. The number of anilines is 4. The summed E-state index contributed by atoms with van der Waals surface area (Å²) < 4.78 is 29.1. The molecular weight excluding hydrogens is 426 g/mol. The lowest BCUT2D eigenvalue weighted by Crippen LogP contribution is -2.48. The van der Waals surface area contributed by atoms with Gasteiger partial charge in [-0.15, -0.1) is 5.10 Å². The fourth-order valence-corrected chi connectivity index (χ4v) is 5.57. The molecule has 172 valence electrons. The van der Waals surface area contributed by atoms with E-state index in [2.05, 4.69) is 26.5 Å². The molecule has 6 rings (SSSR count). The molecule has 1 N–H and O–H groups in total. The standard InChI is InChI=1S/C23H26F2N8/c1-14-9-18(11-26-29-14)31-12-15-3-4-16(13-31)21(15)27-22-28-23-32(7-2-8-33(23)30-22)17-5-6-19(24)20(25)10-17/h5-6,9-11,15-16,21H,2-4,7-8,12-13H2,1H3,(H,27,30)/t15-,16+,21-. The number of nitrogens with one attached hydrogen (secondary N) is 1. The van der Waals surface area contributed by atoms with Crippen LogP contribution in [0.3, 0.4) is 0 Å². The van der Waals surface area contributed by atoms with E-state index in [-0.39, 0.29) is 0 Å². The van der Waals surface area contributed by atoms with Gasteiger partial charge in [-0.25, -0.2) is 13.5 Å². The number of nitrogens with zero attached hydrogens (tertiary/aromatic N) is 7. The number of piperidine rings is 1. The Balaban J connectivity index is 1.21. The fraction of sp³-hybridized carbons (Fsp3) is 0.478. The summed E-state index contributed by atoms with van der Waals surface area (Å²) in [7, 11) is 0. The molecule has 1 saturated carbocycles. The highest BCUT2D eigenvalue weighted by Gasteiger charge is 2.43. The second-order valence-corrected chi connectivity index (χ2v) is 9.29. The van der Waals surface area contributed by atoms with E-state index < -0.39 is 11.6 Å². The summed E-state index contributed by atoms with van der Waals surface area (Å²) in [6.45, 7) is 5.34. The van der Waals surface area contributed by atoms with Crippen molar-refractivity contribution < 1.29 is 8.78 Å². The van der Waals surface area contributed by atoms with Crippen molar-refractivity contribution in [3.05, 3.63) is 47.8 Å². The monoisotopic (exact) mass is 452 g/mol. The van der Waals surface area contributed by atoms with Crippen LogP contribution < -0.4 is 15.1 Å². The van der Waals surface area contributed by atoms with Gasteiger partial charge in [0.2, 0.25) is 11.9 Å². The van der Waals surface area contributed by atoms with E-state index in [0.29, 0.717) is 42.0 Å². The van der Waals surface area contributed by atoms with Crippen molar-refractivity contribution in [3.63, 3.8) is 0 Å². The summed E-state index contributed by atoms with van der Waals surface area (Å²) in [5.74, 6) is 0.568. The molecule has 3 aliphatic rings. The van der Waals surface area contributed by atoms with Gasteiger partial charge in [0.25, 0.3) is 0 Å². The summed E-state index contributed by atoms with van der Waals surface area (Å²) >= 11 is 0. The van der Waals surface area contributed by atoms with Gasteiger partial charge in [-0.2, -0.15) is 15.2 Å².